The van der Waals surface area contributed by atoms with Crippen LogP contribution >= 0.6 is 23.2 Å². The summed E-state index contributed by atoms with van der Waals surface area (Å²) in [5.74, 6) is 1.24. The molecule has 1 aliphatic carbocycles. The van der Waals surface area contributed by atoms with Crippen molar-refractivity contribution >= 4 is 35.2 Å². The number of ether oxygens (including phenoxy) is 1. The monoisotopic (exact) mass is 393 g/mol. The van der Waals surface area contributed by atoms with Gasteiger partial charge in [0.05, 0.1) is 24.4 Å². The molecule has 26 heavy (non-hydrogen) atoms. The number of hydrogen-bond donors (Lipinski definition) is 1. The summed E-state index contributed by atoms with van der Waals surface area (Å²) in [7, 11) is 0. The van der Waals surface area contributed by atoms with Gasteiger partial charge in [0.15, 0.2) is 0 Å². The fourth-order valence-corrected chi connectivity index (χ4v) is 2.88. The first-order chi connectivity index (χ1) is 12.5. The number of nitrogens with zero attached hydrogens (tertiary/aromatic N) is 2. The van der Waals surface area contributed by atoms with Crippen LogP contribution in [0.5, 0.6) is 5.75 Å². The Kier molecular flexibility index (Phi) is 6.22. The van der Waals surface area contributed by atoms with Crippen LogP contribution in [-0.2, 0) is 11.3 Å². The highest BCUT2D eigenvalue weighted by Crippen LogP contribution is 2.37. The van der Waals surface area contributed by atoms with Crippen molar-refractivity contribution in [3.05, 3.63) is 51.8 Å². The lowest BCUT2D eigenvalue weighted by Crippen LogP contribution is -2.19. The van der Waals surface area contributed by atoms with Gasteiger partial charge in [0.1, 0.15) is 10.8 Å². The maximum absolute atomic E-state index is 10.8. The molecule has 5 nitrogen and oxygen atoms in total. The van der Waals surface area contributed by atoms with Gasteiger partial charge in [-0.25, -0.2) is 0 Å². The van der Waals surface area contributed by atoms with Crippen LogP contribution in [0, 0.1) is 5.92 Å². The second kappa shape index (κ2) is 8.60. The maximum atomic E-state index is 10.8. The normalized spacial score (nSPS) is 14.0. The molecule has 1 aromatic heterocycles. The summed E-state index contributed by atoms with van der Waals surface area (Å²) in [5.41, 5.74) is 1.83. The Hall–Kier alpha value is -1.98. The quantitative estimate of drug-likeness (QED) is 0.731. The Morgan fingerprint density at radius 2 is 2.19 bits per heavy atom. The molecule has 0 aliphatic heterocycles. The van der Waals surface area contributed by atoms with E-state index in [1.165, 1.54) is 19.8 Å². The summed E-state index contributed by atoms with van der Waals surface area (Å²) in [5, 5.41) is 7.99. The molecule has 0 radical (unpaired) electrons. The third-order valence-electron chi connectivity index (χ3n) is 4.06. The summed E-state index contributed by atoms with van der Waals surface area (Å²) in [6.07, 6.45) is 9.90. The molecule has 0 atom stereocenters. The third-order valence-corrected chi connectivity index (χ3v) is 4.97. The highest BCUT2D eigenvalue weighted by molar-refractivity contribution is 6.43. The predicted molar refractivity (Wildman–Crippen MR) is 104 cm³/mol. The maximum Gasteiger partial charge on any atom is 0.217 e. The second-order valence-electron chi connectivity index (χ2n) is 6.42. The van der Waals surface area contributed by atoms with E-state index in [0.717, 1.165) is 11.1 Å². The van der Waals surface area contributed by atoms with Crippen molar-refractivity contribution in [2.45, 2.75) is 26.3 Å². The van der Waals surface area contributed by atoms with E-state index in [9.17, 15) is 4.79 Å². The summed E-state index contributed by atoms with van der Waals surface area (Å²) in [6.45, 7) is 3.19. The molecule has 7 heteroatoms. The molecule has 1 aromatic carbocycles. The average molecular weight is 394 g/mol. The van der Waals surface area contributed by atoms with Crippen molar-refractivity contribution in [3.8, 4) is 5.75 Å². The Morgan fingerprint density at radius 3 is 2.92 bits per heavy atom. The fourth-order valence-electron chi connectivity index (χ4n) is 2.42. The zero-order valence-corrected chi connectivity index (χ0v) is 16.1. The molecule has 1 heterocycles. The Balaban J connectivity index is 1.61. The van der Waals surface area contributed by atoms with E-state index in [-0.39, 0.29) is 5.91 Å². The third kappa shape index (κ3) is 5.26. The molecule has 0 bridgehead atoms. The van der Waals surface area contributed by atoms with Crippen molar-refractivity contribution in [2.24, 2.45) is 5.92 Å². The van der Waals surface area contributed by atoms with Crippen molar-refractivity contribution < 1.29 is 9.53 Å². The van der Waals surface area contributed by atoms with Gasteiger partial charge >= 0.3 is 0 Å². The molecule has 3 rings (SSSR count). The van der Waals surface area contributed by atoms with Crippen LogP contribution in [0.1, 0.15) is 30.9 Å². The minimum atomic E-state index is -0.0542. The lowest BCUT2D eigenvalue weighted by Gasteiger charge is -2.12. The Morgan fingerprint density at radius 1 is 1.38 bits per heavy atom. The van der Waals surface area contributed by atoms with Crippen LogP contribution in [0.3, 0.4) is 0 Å². The van der Waals surface area contributed by atoms with Gasteiger partial charge in [-0.15, -0.1) is 0 Å². The standard InChI is InChI=1S/C19H21Cl2N3O2/c1-13(25)22-8-2-3-15-9-23-24(10-15)11-16-6-7-17(19(21)18(16)20)26-12-14-4-5-14/h2-3,6-7,9-10,14H,4-5,8,11-12H2,1H3,(H,22,25)/b3-2+. The highest BCUT2D eigenvalue weighted by Gasteiger charge is 2.22. The van der Waals surface area contributed by atoms with E-state index in [2.05, 4.69) is 10.4 Å². The van der Waals surface area contributed by atoms with Crippen LogP contribution < -0.4 is 10.1 Å². The van der Waals surface area contributed by atoms with E-state index in [1.54, 1.807) is 10.9 Å². The predicted octanol–water partition coefficient (Wildman–Crippen LogP) is 4.18. The minimum absolute atomic E-state index is 0.0542. The van der Waals surface area contributed by atoms with Crippen molar-refractivity contribution in [2.75, 3.05) is 13.2 Å². The topological polar surface area (TPSA) is 56.2 Å². The van der Waals surface area contributed by atoms with Crippen LogP contribution in [-0.4, -0.2) is 28.8 Å². The summed E-state index contributed by atoms with van der Waals surface area (Å²) >= 11 is 12.8. The number of aromatic nitrogens is 2. The number of carbonyl (C=O) groups is 1. The van der Waals surface area contributed by atoms with E-state index in [0.29, 0.717) is 41.4 Å². The summed E-state index contributed by atoms with van der Waals surface area (Å²) in [4.78, 5) is 10.8. The molecule has 0 spiro atoms. The molecule has 0 unspecified atom stereocenters. The SMILES string of the molecule is CC(=O)NC/C=C/c1cnn(Cc2ccc(OCC3CC3)c(Cl)c2Cl)c1. The lowest BCUT2D eigenvalue weighted by atomic mass is 10.2. The molecular formula is C19H21Cl2N3O2. The van der Waals surface area contributed by atoms with Gasteiger partial charge in [-0.05, 0) is 30.4 Å². The Labute approximate surface area is 162 Å². The number of nitrogens with one attached hydrogen (secondary N) is 1. The molecule has 1 N–H and O–H groups in total. The second-order valence-corrected chi connectivity index (χ2v) is 7.17. The number of carbonyl (C=O) groups excluding carboxylic acids is 1. The van der Waals surface area contributed by atoms with Gasteiger partial charge in [0.2, 0.25) is 5.91 Å². The van der Waals surface area contributed by atoms with Gasteiger partial charge in [-0.1, -0.05) is 41.4 Å². The largest absolute Gasteiger partial charge is 0.492 e. The number of halogens is 2. The van der Waals surface area contributed by atoms with Crippen LogP contribution in [0.25, 0.3) is 6.08 Å². The number of rotatable bonds is 8. The fraction of sp³-hybridized carbons (Fsp3) is 0.368. The van der Waals surface area contributed by atoms with Crippen LogP contribution in [0.2, 0.25) is 10.0 Å². The highest BCUT2D eigenvalue weighted by atomic mass is 35.5. The van der Waals surface area contributed by atoms with Crippen molar-refractivity contribution in [1.82, 2.24) is 15.1 Å². The molecule has 1 aliphatic rings. The van der Waals surface area contributed by atoms with Crippen LogP contribution in [0.15, 0.2) is 30.6 Å². The van der Waals surface area contributed by atoms with Crippen LogP contribution in [0.4, 0.5) is 0 Å². The molecule has 0 saturated heterocycles. The molecule has 1 fully saturated rings. The molecule has 1 saturated carbocycles. The summed E-state index contributed by atoms with van der Waals surface area (Å²) in [6, 6.07) is 3.79. The lowest BCUT2D eigenvalue weighted by molar-refractivity contribution is -0.118. The van der Waals surface area contributed by atoms with Gasteiger partial charge in [0.25, 0.3) is 0 Å². The van der Waals surface area contributed by atoms with E-state index < -0.39 is 0 Å². The first-order valence-corrected chi connectivity index (χ1v) is 9.31. The first kappa shape index (κ1) is 18.8. The molecule has 138 valence electrons. The van der Waals surface area contributed by atoms with E-state index >= 15 is 0 Å². The van der Waals surface area contributed by atoms with Gasteiger partial charge in [-0.3, -0.25) is 9.48 Å². The number of hydrogen-bond acceptors (Lipinski definition) is 3. The van der Waals surface area contributed by atoms with Gasteiger partial charge in [-0.2, -0.15) is 5.10 Å². The zero-order valence-electron chi connectivity index (χ0n) is 14.5. The van der Waals surface area contributed by atoms with Crippen molar-refractivity contribution in [1.29, 1.82) is 0 Å². The minimum Gasteiger partial charge on any atom is -0.492 e. The molecule has 1 amide bonds. The zero-order chi connectivity index (χ0) is 18.5. The number of amides is 1. The van der Waals surface area contributed by atoms with E-state index in [1.807, 2.05) is 30.5 Å². The van der Waals surface area contributed by atoms with Crippen molar-refractivity contribution in [3.63, 3.8) is 0 Å². The summed E-state index contributed by atoms with van der Waals surface area (Å²) < 4.78 is 7.54. The molecular weight excluding hydrogens is 373 g/mol. The van der Waals surface area contributed by atoms with Gasteiger partial charge < -0.3 is 10.1 Å². The molecule has 2 aromatic rings. The smallest absolute Gasteiger partial charge is 0.217 e. The average Bonchev–Trinajstić information content (AvgIpc) is 3.33. The first-order valence-electron chi connectivity index (χ1n) is 8.56. The van der Waals surface area contributed by atoms with E-state index in [4.69, 9.17) is 27.9 Å². The number of benzene rings is 1. The van der Waals surface area contributed by atoms with Gasteiger partial charge in [0, 0.05) is 25.2 Å². The Bertz CT molecular complexity index is 813.